The lowest BCUT2D eigenvalue weighted by Crippen LogP contribution is -2.36. The van der Waals surface area contributed by atoms with Gasteiger partial charge in [0.1, 0.15) is 11.9 Å². The molecule has 138 valence electrons. The molecule has 0 fully saturated rings. The van der Waals surface area contributed by atoms with E-state index in [0.29, 0.717) is 12.8 Å². The standard InChI is InChI=1S/C18H22N4O4/c1-11(8-18(24)25)19-17(23)10-13-9-12(22-26-13)6-7-16-20-14-4-2-3-5-15(14)21-16/h2-5,11,13H,6-10H2,1H3,(H,19,23)(H,20,21)(H,24,25). The predicted molar refractivity (Wildman–Crippen MR) is 95.8 cm³/mol. The zero-order valence-electron chi connectivity index (χ0n) is 14.6. The smallest absolute Gasteiger partial charge is 0.305 e. The number of rotatable bonds is 8. The second-order valence-corrected chi connectivity index (χ2v) is 6.56. The van der Waals surface area contributed by atoms with E-state index in [-0.39, 0.29) is 24.9 Å². The van der Waals surface area contributed by atoms with Crippen molar-refractivity contribution in [3.63, 3.8) is 0 Å². The van der Waals surface area contributed by atoms with E-state index in [0.717, 1.165) is 29.0 Å². The Balaban J connectivity index is 1.42. The van der Waals surface area contributed by atoms with Crippen molar-refractivity contribution in [2.75, 3.05) is 0 Å². The third-order valence-electron chi connectivity index (χ3n) is 4.18. The van der Waals surface area contributed by atoms with E-state index in [9.17, 15) is 9.59 Å². The molecule has 3 rings (SSSR count). The molecule has 0 spiro atoms. The molecule has 2 atom stereocenters. The van der Waals surface area contributed by atoms with Crippen molar-refractivity contribution < 1.29 is 19.5 Å². The van der Waals surface area contributed by atoms with Crippen LogP contribution in [0.15, 0.2) is 29.4 Å². The van der Waals surface area contributed by atoms with Gasteiger partial charge in [-0.15, -0.1) is 0 Å². The first-order chi connectivity index (χ1) is 12.5. The van der Waals surface area contributed by atoms with Gasteiger partial charge in [-0.05, 0) is 25.5 Å². The van der Waals surface area contributed by atoms with E-state index in [1.54, 1.807) is 6.92 Å². The van der Waals surface area contributed by atoms with Gasteiger partial charge in [0, 0.05) is 18.9 Å². The summed E-state index contributed by atoms with van der Waals surface area (Å²) < 4.78 is 0. The van der Waals surface area contributed by atoms with Crippen molar-refractivity contribution >= 4 is 28.6 Å². The fourth-order valence-electron chi connectivity index (χ4n) is 2.98. The molecule has 0 saturated heterocycles. The van der Waals surface area contributed by atoms with Gasteiger partial charge in [0.2, 0.25) is 5.91 Å². The Morgan fingerprint density at radius 1 is 1.38 bits per heavy atom. The molecular weight excluding hydrogens is 336 g/mol. The summed E-state index contributed by atoms with van der Waals surface area (Å²) in [6, 6.07) is 7.46. The maximum absolute atomic E-state index is 11.9. The lowest BCUT2D eigenvalue weighted by Gasteiger charge is -2.13. The number of carbonyl (C=O) groups excluding carboxylic acids is 1. The number of amides is 1. The van der Waals surface area contributed by atoms with Gasteiger partial charge >= 0.3 is 5.97 Å². The van der Waals surface area contributed by atoms with Crippen LogP contribution in [0.3, 0.4) is 0 Å². The Hall–Kier alpha value is -2.90. The Labute approximate surface area is 150 Å². The number of benzene rings is 1. The number of carbonyl (C=O) groups is 2. The van der Waals surface area contributed by atoms with Crippen LogP contribution in [-0.2, 0) is 20.8 Å². The molecule has 8 heteroatoms. The van der Waals surface area contributed by atoms with E-state index < -0.39 is 12.0 Å². The van der Waals surface area contributed by atoms with Crippen LogP contribution in [0, 0.1) is 0 Å². The van der Waals surface area contributed by atoms with E-state index >= 15 is 0 Å². The maximum atomic E-state index is 11.9. The minimum atomic E-state index is -0.939. The van der Waals surface area contributed by atoms with Gasteiger partial charge < -0.3 is 20.2 Å². The number of fused-ring (bicyclic) bond motifs is 1. The Morgan fingerprint density at radius 2 is 2.19 bits per heavy atom. The van der Waals surface area contributed by atoms with Gasteiger partial charge in [-0.1, -0.05) is 17.3 Å². The van der Waals surface area contributed by atoms with Crippen molar-refractivity contribution in [3.05, 3.63) is 30.1 Å². The predicted octanol–water partition coefficient (Wildman–Crippen LogP) is 2.01. The molecule has 2 heterocycles. The van der Waals surface area contributed by atoms with Crippen LogP contribution in [0.25, 0.3) is 11.0 Å². The highest BCUT2D eigenvalue weighted by atomic mass is 16.6. The third kappa shape index (κ3) is 4.81. The molecule has 1 aromatic carbocycles. The van der Waals surface area contributed by atoms with Crippen LogP contribution in [0.2, 0.25) is 0 Å². The Kier molecular flexibility index (Phi) is 5.50. The molecular formula is C18H22N4O4. The number of aromatic nitrogens is 2. The van der Waals surface area contributed by atoms with E-state index in [4.69, 9.17) is 9.94 Å². The number of nitrogens with one attached hydrogen (secondary N) is 2. The zero-order chi connectivity index (χ0) is 18.5. The number of aryl methyl sites for hydroxylation is 1. The highest BCUT2D eigenvalue weighted by molar-refractivity contribution is 5.87. The summed E-state index contributed by atoms with van der Waals surface area (Å²) in [5.74, 6) is -0.263. The van der Waals surface area contributed by atoms with Crippen LogP contribution < -0.4 is 5.32 Å². The van der Waals surface area contributed by atoms with Gasteiger partial charge in [0.05, 0.1) is 29.6 Å². The molecule has 1 aliphatic heterocycles. The van der Waals surface area contributed by atoms with Crippen LogP contribution in [0.1, 0.15) is 38.4 Å². The monoisotopic (exact) mass is 358 g/mol. The first kappa shape index (κ1) is 17.9. The summed E-state index contributed by atoms with van der Waals surface area (Å²) in [4.78, 5) is 35.7. The number of hydrogen-bond donors (Lipinski definition) is 3. The number of aliphatic carboxylic acids is 1. The van der Waals surface area contributed by atoms with Crippen LogP contribution in [-0.4, -0.2) is 44.8 Å². The summed E-state index contributed by atoms with van der Waals surface area (Å²) in [6.45, 7) is 1.66. The Morgan fingerprint density at radius 3 is 2.96 bits per heavy atom. The summed E-state index contributed by atoms with van der Waals surface area (Å²) in [5, 5.41) is 15.4. The molecule has 0 aliphatic carbocycles. The number of oxime groups is 1. The minimum absolute atomic E-state index is 0.101. The summed E-state index contributed by atoms with van der Waals surface area (Å²) in [6.07, 6.45) is 1.82. The second-order valence-electron chi connectivity index (χ2n) is 6.56. The number of nitrogens with zero attached hydrogens (tertiary/aromatic N) is 2. The topological polar surface area (TPSA) is 117 Å². The van der Waals surface area contributed by atoms with Crippen LogP contribution >= 0.6 is 0 Å². The molecule has 1 amide bonds. The van der Waals surface area contributed by atoms with Gasteiger partial charge in [-0.3, -0.25) is 9.59 Å². The molecule has 1 aliphatic rings. The molecule has 8 nitrogen and oxygen atoms in total. The fourth-order valence-corrected chi connectivity index (χ4v) is 2.98. The molecule has 1 aromatic heterocycles. The summed E-state index contributed by atoms with van der Waals surface area (Å²) in [5.41, 5.74) is 2.86. The van der Waals surface area contributed by atoms with E-state index in [1.165, 1.54) is 0 Å². The highest BCUT2D eigenvalue weighted by Crippen LogP contribution is 2.18. The van der Waals surface area contributed by atoms with Crippen LogP contribution in [0.4, 0.5) is 0 Å². The first-order valence-electron chi connectivity index (χ1n) is 8.66. The minimum Gasteiger partial charge on any atom is -0.481 e. The SMILES string of the molecule is CC(CC(=O)O)NC(=O)CC1CC(CCc2nc3ccccc3[nH]2)=NO1. The van der Waals surface area contributed by atoms with Gasteiger partial charge in [-0.2, -0.15) is 0 Å². The van der Waals surface area contributed by atoms with Crippen LogP contribution in [0.5, 0.6) is 0 Å². The zero-order valence-corrected chi connectivity index (χ0v) is 14.6. The summed E-state index contributed by atoms with van der Waals surface area (Å²) >= 11 is 0. The highest BCUT2D eigenvalue weighted by Gasteiger charge is 2.24. The lowest BCUT2D eigenvalue weighted by atomic mass is 10.1. The average molecular weight is 358 g/mol. The van der Waals surface area contributed by atoms with E-state index in [2.05, 4.69) is 20.4 Å². The number of H-pyrrole nitrogens is 1. The second kappa shape index (κ2) is 7.99. The number of hydrogen-bond acceptors (Lipinski definition) is 5. The number of imidazole rings is 1. The van der Waals surface area contributed by atoms with Crippen molar-refractivity contribution in [2.45, 2.75) is 51.2 Å². The largest absolute Gasteiger partial charge is 0.481 e. The number of carboxylic acids is 1. The Bertz CT molecular complexity index is 796. The molecule has 2 unspecified atom stereocenters. The maximum Gasteiger partial charge on any atom is 0.305 e. The number of carboxylic acid groups (broad SMARTS) is 1. The molecule has 0 saturated carbocycles. The summed E-state index contributed by atoms with van der Waals surface area (Å²) in [7, 11) is 0. The van der Waals surface area contributed by atoms with Gasteiger partial charge in [-0.25, -0.2) is 4.98 Å². The fraction of sp³-hybridized carbons (Fsp3) is 0.444. The van der Waals surface area contributed by atoms with Crippen molar-refractivity contribution in [1.29, 1.82) is 0 Å². The molecule has 26 heavy (non-hydrogen) atoms. The van der Waals surface area contributed by atoms with Gasteiger partial charge in [0.25, 0.3) is 0 Å². The number of para-hydroxylation sites is 2. The average Bonchev–Trinajstić information content (AvgIpc) is 3.17. The van der Waals surface area contributed by atoms with E-state index in [1.807, 2.05) is 24.3 Å². The first-order valence-corrected chi connectivity index (χ1v) is 8.66. The molecule has 0 radical (unpaired) electrons. The molecule has 2 aromatic rings. The molecule has 0 bridgehead atoms. The quantitative estimate of drug-likeness (QED) is 0.667. The third-order valence-corrected chi connectivity index (χ3v) is 4.18. The van der Waals surface area contributed by atoms with Crippen molar-refractivity contribution in [1.82, 2.24) is 15.3 Å². The number of aromatic amines is 1. The van der Waals surface area contributed by atoms with Crippen molar-refractivity contribution in [3.8, 4) is 0 Å². The lowest BCUT2D eigenvalue weighted by molar-refractivity contribution is -0.137. The van der Waals surface area contributed by atoms with Gasteiger partial charge in [0.15, 0.2) is 0 Å². The normalized spacial score (nSPS) is 17.6. The van der Waals surface area contributed by atoms with Crippen molar-refractivity contribution in [2.24, 2.45) is 5.16 Å². The molecule has 3 N–H and O–H groups in total.